The predicted octanol–water partition coefficient (Wildman–Crippen LogP) is 1.53. The Balaban J connectivity index is 1.79. The topological polar surface area (TPSA) is 74.0 Å². The molecule has 1 aliphatic heterocycles. The van der Waals surface area contributed by atoms with Gasteiger partial charge in [0.15, 0.2) is 10.6 Å². The Morgan fingerprint density at radius 1 is 1.50 bits per heavy atom. The fraction of sp³-hybridized carbons (Fsp3) is 0.357. The molecule has 0 unspecified atom stereocenters. The van der Waals surface area contributed by atoms with Gasteiger partial charge < -0.3 is 9.72 Å². The second-order valence-corrected chi connectivity index (χ2v) is 5.57. The van der Waals surface area contributed by atoms with Crippen molar-refractivity contribution in [2.75, 3.05) is 13.7 Å². The lowest BCUT2D eigenvalue weighted by Gasteiger charge is -2.27. The summed E-state index contributed by atoms with van der Waals surface area (Å²) in [7, 11) is 1.38. The fourth-order valence-electron chi connectivity index (χ4n) is 2.61. The van der Waals surface area contributed by atoms with E-state index in [0.29, 0.717) is 29.8 Å². The van der Waals surface area contributed by atoms with Gasteiger partial charge in [-0.1, -0.05) is 0 Å². The first kappa shape index (κ1) is 14.9. The number of methoxy groups -OCH3 is 1. The molecule has 6 nitrogen and oxygen atoms in total. The van der Waals surface area contributed by atoms with Gasteiger partial charge in [-0.25, -0.2) is 9.37 Å². The van der Waals surface area contributed by atoms with Gasteiger partial charge in [-0.2, -0.15) is 0 Å². The highest BCUT2D eigenvalue weighted by Crippen LogP contribution is 2.18. The molecular formula is C14H15FN4O2S. The lowest BCUT2D eigenvalue weighted by Crippen LogP contribution is -2.35. The SMILES string of the molecule is COc1ncc(CN2CCc3[nH]c(=S)[nH]c(=O)c3C2)cc1F. The summed E-state index contributed by atoms with van der Waals surface area (Å²) in [6.07, 6.45) is 2.29. The molecule has 22 heavy (non-hydrogen) atoms. The van der Waals surface area contributed by atoms with Crippen molar-refractivity contribution in [2.45, 2.75) is 19.5 Å². The first-order chi connectivity index (χ1) is 10.6. The number of halogens is 1. The number of hydrogen-bond donors (Lipinski definition) is 2. The number of fused-ring (bicyclic) bond motifs is 1. The van der Waals surface area contributed by atoms with Crippen LogP contribution in [-0.4, -0.2) is 33.5 Å². The van der Waals surface area contributed by atoms with Crippen molar-refractivity contribution in [3.05, 3.63) is 50.0 Å². The highest BCUT2D eigenvalue weighted by atomic mass is 32.1. The number of nitrogens with zero attached hydrogens (tertiary/aromatic N) is 2. The molecule has 0 spiro atoms. The largest absolute Gasteiger partial charge is 0.479 e. The highest BCUT2D eigenvalue weighted by molar-refractivity contribution is 7.71. The van der Waals surface area contributed by atoms with Crippen LogP contribution in [0.3, 0.4) is 0 Å². The first-order valence-corrected chi connectivity index (χ1v) is 7.23. The lowest BCUT2D eigenvalue weighted by molar-refractivity contribution is 0.240. The first-order valence-electron chi connectivity index (χ1n) is 6.82. The predicted molar refractivity (Wildman–Crippen MR) is 80.8 cm³/mol. The number of hydrogen-bond acceptors (Lipinski definition) is 5. The van der Waals surface area contributed by atoms with E-state index in [1.165, 1.54) is 13.2 Å². The van der Waals surface area contributed by atoms with Crippen LogP contribution in [0.1, 0.15) is 16.8 Å². The second-order valence-electron chi connectivity index (χ2n) is 5.16. The average molecular weight is 322 g/mol. The molecule has 1 aliphatic rings. The number of rotatable bonds is 3. The van der Waals surface area contributed by atoms with Crippen LogP contribution in [0.4, 0.5) is 4.39 Å². The van der Waals surface area contributed by atoms with Crippen molar-refractivity contribution < 1.29 is 9.13 Å². The maximum absolute atomic E-state index is 13.7. The van der Waals surface area contributed by atoms with Gasteiger partial charge >= 0.3 is 0 Å². The summed E-state index contributed by atoms with van der Waals surface area (Å²) in [6, 6.07) is 1.41. The van der Waals surface area contributed by atoms with Gasteiger partial charge in [-0.3, -0.25) is 14.7 Å². The molecule has 0 amide bonds. The van der Waals surface area contributed by atoms with E-state index in [0.717, 1.165) is 17.8 Å². The molecule has 0 radical (unpaired) electrons. The number of ether oxygens (including phenoxy) is 1. The number of aromatic amines is 2. The summed E-state index contributed by atoms with van der Waals surface area (Å²) in [6.45, 7) is 1.77. The minimum atomic E-state index is -0.487. The number of H-pyrrole nitrogens is 2. The molecule has 0 aliphatic carbocycles. The Morgan fingerprint density at radius 2 is 2.32 bits per heavy atom. The van der Waals surface area contributed by atoms with Crippen LogP contribution < -0.4 is 10.3 Å². The molecule has 2 aromatic heterocycles. The Hall–Kier alpha value is -2.06. The summed E-state index contributed by atoms with van der Waals surface area (Å²) in [4.78, 5) is 23.6. The normalized spacial score (nSPS) is 14.6. The maximum atomic E-state index is 13.7. The summed E-state index contributed by atoms with van der Waals surface area (Å²) in [5.74, 6) is -0.504. The molecule has 0 saturated carbocycles. The highest BCUT2D eigenvalue weighted by Gasteiger charge is 2.20. The van der Waals surface area contributed by atoms with Gasteiger partial charge in [0, 0.05) is 37.9 Å². The van der Waals surface area contributed by atoms with Crippen LogP contribution in [0.25, 0.3) is 0 Å². The summed E-state index contributed by atoms with van der Waals surface area (Å²) >= 11 is 4.97. The zero-order valence-electron chi connectivity index (χ0n) is 12.0. The molecule has 3 heterocycles. The van der Waals surface area contributed by atoms with Crippen molar-refractivity contribution in [1.82, 2.24) is 19.9 Å². The molecule has 0 saturated heterocycles. The van der Waals surface area contributed by atoms with Crippen LogP contribution in [0.5, 0.6) is 5.88 Å². The molecule has 2 aromatic rings. The smallest absolute Gasteiger partial charge is 0.256 e. The van der Waals surface area contributed by atoms with Crippen molar-refractivity contribution in [2.24, 2.45) is 0 Å². The Bertz CT molecular complexity index is 817. The standard InChI is InChI=1S/C14H15FN4O2S/c1-21-13-10(15)4-8(5-16-13)6-19-3-2-11-9(7-19)12(20)18-14(22)17-11/h4-5H,2-3,6-7H2,1H3,(H2,17,18,20,22). The van der Waals surface area contributed by atoms with E-state index in [4.69, 9.17) is 17.0 Å². The molecule has 0 fully saturated rings. The van der Waals surface area contributed by atoms with Crippen LogP contribution >= 0.6 is 12.2 Å². The number of aromatic nitrogens is 3. The Labute approximate surface area is 131 Å². The number of pyridine rings is 1. The molecule has 8 heteroatoms. The van der Waals surface area contributed by atoms with Gasteiger partial charge in [-0.05, 0) is 23.8 Å². The molecule has 0 atom stereocenters. The van der Waals surface area contributed by atoms with Crippen molar-refractivity contribution in [3.8, 4) is 5.88 Å². The third kappa shape index (κ3) is 2.93. The average Bonchev–Trinajstić information content (AvgIpc) is 2.48. The zero-order valence-corrected chi connectivity index (χ0v) is 12.8. The van der Waals surface area contributed by atoms with E-state index in [1.807, 2.05) is 0 Å². The third-order valence-corrected chi connectivity index (χ3v) is 3.86. The van der Waals surface area contributed by atoms with E-state index in [1.54, 1.807) is 6.20 Å². The lowest BCUT2D eigenvalue weighted by atomic mass is 10.1. The Morgan fingerprint density at radius 3 is 3.05 bits per heavy atom. The van der Waals surface area contributed by atoms with E-state index < -0.39 is 5.82 Å². The maximum Gasteiger partial charge on any atom is 0.256 e. The van der Waals surface area contributed by atoms with Gasteiger partial charge in [0.05, 0.1) is 12.7 Å². The second kappa shape index (κ2) is 5.98. The minimum absolute atomic E-state index is 0.0169. The van der Waals surface area contributed by atoms with Crippen molar-refractivity contribution in [1.29, 1.82) is 0 Å². The van der Waals surface area contributed by atoms with Gasteiger partial charge in [0.2, 0.25) is 5.88 Å². The van der Waals surface area contributed by atoms with Crippen LogP contribution in [0.2, 0.25) is 0 Å². The van der Waals surface area contributed by atoms with Crippen LogP contribution in [0.15, 0.2) is 17.1 Å². The van der Waals surface area contributed by atoms with Gasteiger partial charge in [0.1, 0.15) is 0 Å². The quantitative estimate of drug-likeness (QED) is 0.839. The van der Waals surface area contributed by atoms with Crippen molar-refractivity contribution in [3.63, 3.8) is 0 Å². The molecular weight excluding hydrogens is 307 g/mol. The number of nitrogens with one attached hydrogen (secondary N) is 2. The minimum Gasteiger partial charge on any atom is -0.479 e. The van der Waals surface area contributed by atoms with Gasteiger partial charge in [0.25, 0.3) is 5.56 Å². The van der Waals surface area contributed by atoms with Gasteiger partial charge in [-0.15, -0.1) is 0 Å². The fourth-order valence-corrected chi connectivity index (χ4v) is 2.82. The summed E-state index contributed by atoms with van der Waals surface area (Å²) in [5, 5.41) is 0. The monoisotopic (exact) mass is 322 g/mol. The van der Waals surface area contributed by atoms with Crippen LogP contribution in [-0.2, 0) is 19.5 Å². The zero-order chi connectivity index (χ0) is 15.7. The molecule has 3 rings (SSSR count). The summed E-state index contributed by atoms with van der Waals surface area (Å²) in [5.41, 5.74) is 2.13. The molecule has 0 bridgehead atoms. The molecule has 116 valence electrons. The molecule has 2 N–H and O–H groups in total. The van der Waals surface area contributed by atoms with Crippen LogP contribution in [0, 0.1) is 10.6 Å². The third-order valence-electron chi connectivity index (χ3n) is 3.65. The van der Waals surface area contributed by atoms with E-state index in [-0.39, 0.29) is 11.4 Å². The van der Waals surface area contributed by atoms with Crippen molar-refractivity contribution >= 4 is 12.2 Å². The summed E-state index contributed by atoms with van der Waals surface area (Å²) < 4.78 is 18.8. The van der Waals surface area contributed by atoms with E-state index >= 15 is 0 Å². The Kier molecular flexibility index (Phi) is 4.04. The van der Waals surface area contributed by atoms with E-state index in [2.05, 4.69) is 19.9 Å². The van der Waals surface area contributed by atoms with E-state index in [9.17, 15) is 9.18 Å². The molecule has 0 aromatic carbocycles.